The number of aromatic amines is 1. The molecule has 1 saturated carbocycles. The lowest BCUT2D eigenvalue weighted by Gasteiger charge is -2.21. The van der Waals surface area contributed by atoms with E-state index >= 15 is 0 Å². The normalized spacial score (nSPS) is 18.1. The smallest absolute Gasteiger partial charge is 0.142 e. The van der Waals surface area contributed by atoms with Crippen LogP contribution >= 0.6 is 23.2 Å². The van der Waals surface area contributed by atoms with E-state index in [-0.39, 0.29) is 5.02 Å². The fourth-order valence-electron chi connectivity index (χ4n) is 2.34. The van der Waals surface area contributed by atoms with Crippen LogP contribution in [0.25, 0.3) is 11.3 Å². The summed E-state index contributed by atoms with van der Waals surface area (Å²) in [6.07, 6.45) is 3.84. The Bertz CT molecular complexity index is 662. The first-order valence-electron chi connectivity index (χ1n) is 6.39. The maximum absolute atomic E-state index is 13.6. The number of nitrogens with zero attached hydrogens (tertiary/aromatic N) is 1. The van der Waals surface area contributed by atoms with Crippen molar-refractivity contribution < 1.29 is 4.39 Å². The van der Waals surface area contributed by atoms with Crippen molar-refractivity contribution in [2.75, 3.05) is 0 Å². The van der Waals surface area contributed by atoms with Crippen molar-refractivity contribution in [2.45, 2.75) is 25.3 Å². The van der Waals surface area contributed by atoms with Crippen LogP contribution in [0.3, 0.4) is 0 Å². The number of H-pyrrole nitrogens is 1. The van der Waals surface area contributed by atoms with Gasteiger partial charge in [0.05, 0.1) is 27.5 Å². The van der Waals surface area contributed by atoms with Gasteiger partial charge in [0.15, 0.2) is 0 Å². The zero-order valence-electron chi connectivity index (χ0n) is 10.9. The number of halogens is 3. The quantitative estimate of drug-likeness (QED) is 0.838. The van der Waals surface area contributed by atoms with Crippen LogP contribution < -0.4 is 5.73 Å². The van der Waals surface area contributed by atoms with Gasteiger partial charge in [0.2, 0.25) is 0 Å². The highest BCUT2D eigenvalue weighted by molar-refractivity contribution is 6.36. The van der Waals surface area contributed by atoms with Crippen LogP contribution in [-0.2, 0) is 5.54 Å². The van der Waals surface area contributed by atoms with Crippen molar-refractivity contribution in [1.29, 1.82) is 0 Å². The third kappa shape index (κ3) is 2.32. The molecule has 1 aromatic heterocycles. The molecule has 1 atom stereocenters. The zero-order valence-corrected chi connectivity index (χ0v) is 12.4. The van der Waals surface area contributed by atoms with Gasteiger partial charge >= 0.3 is 0 Å². The number of hydrogen-bond acceptors (Lipinski definition) is 2. The minimum atomic E-state index is -0.514. The van der Waals surface area contributed by atoms with E-state index in [1.54, 1.807) is 6.20 Å². The van der Waals surface area contributed by atoms with Crippen molar-refractivity contribution in [2.24, 2.45) is 11.7 Å². The molecule has 3 N–H and O–H groups in total. The molecule has 1 unspecified atom stereocenters. The first-order valence-corrected chi connectivity index (χ1v) is 7.14. The number of aromatic nitrogens is 2. The largest absolute Gasteiger partial charge is 0.340 e. The second-order valence-corrected chi connectivity index (χ2v) is 6.26. The molecule has 106 valence electrons. The molecule has 1 heterocycles. The molecular weight excluding hydrogens is 300 g/mol. The summed E-state index contributed by atoms with van der Waals surface area (Å²) in [5.41, 5.74) is 6.98. The molecule has 1 aliphatic carbocycles. The standard InChI is InChI=1S/C14H14Cl2FN3/c1-14(18,7-2-3-7)13-19-6-12(20-13)8-4-11(17)10(16)5-9(8)15/h4-7H,2-3,18H2,1H3,(H,19,20). The van der Waals surface area contributed by atoms with Gasteiger partial charge in [-0.3, -0.25) is 0 Å². The molecule has 2 aromatic rings. The summed E-state index contributed by atoms with van der Waals surface area (Å²) >= 11 is 11.8. The monoisotopic (exact) mass is 313 g/mol. The van der Waals surface area contributed by atoms with E-state index in [0.717, 1.165) is 12.8 Å². The Kier molecular flexibility index (Phi) is 3.27. The number of benzene rings is 1. The fourth-order valence-corrected chi connectivity index (χ4v) is 2.82. The van der Waals surface area contributed by atoms with E-state index in [9.17, 15) is 4.39 Å². The van der Waals surface area contributed by atoms with Crippen LogP contribution in [0.5, 0.6) is 0 Å². The third-order valence-electron chi connectivity index (χ3n) is 3.81. The van der Waals surface area contributed by atoms with Crippen LogP contribution in [0, 0.1) is 11.7 Å². The maximum atomic E-state index is 13.6. The van der Waals surface area contributed by atoms with Crippen molar-refractivity contribution >= 4 is 23.2 Å². The summed E-state index contributed by atoms with van der Waals surface area (Å²) in [6.45, 7) is 1.96. The molecule has 6 heteroatoms. The molecule has 20 heavy (non-hydrogen) atoms. The lowest BCUT2D eigenvalue weighted by atomic mass is 9.97. The highest BCUT2D eigenvalue weighted by Gasteiger charge is 2.41. The number of rotatable bonds is 3. The average Bonchev–Trinajstić information content (AvgIpc) is 3.13. The summed E-state index contributed by atoms with van der Waals surface area (Å²) in [5.74, 6) is 0.625. The SMILES string of the molecule is CC(N)(c1ncc(-c2cc(F)c(Cl)cc2Cl)[nH]1)C1CC1. The molecule has 0 saturated heterocycles. The van der Waals surface area contributed by atoms with E-state index < -0.39 is 11.4 Å². The van der Waals surface area contributed by atoms with Crippen LogP contribution in [0.1, 0.15) is 25.6 Å². The Morgan fingerprint density at radius 1 is 1.35 bits per heavy atom. The molecule has 1 fully saturated rings. The summed E-state index contributed by atoms with van der Waals surface area (Å²) in [6, 6.07) is 2.68. The van der Waals surface area contributed by atoms with E-state index in [2.05, 4.69) is 9.97 Å². The van der Waals surface area contributed by atoms with Gasteiger partial charge in [-0.05, 0) is 37.8 Å². The summed E-state index contributed by atoms with van der Waals surface area (Å²) in [7, 11) is 0. The van der Waals surface area contributed by atoms with Gasteiger partial charge in [-0.15, -0.1) is 0 Å². The van der Waals surface area contributed by atoms with E-state index in [1.807, 2.05) is 6.92 Å². The van der Waals surface area contributed by atoms with Gasteiger partial charge in [-0.2, -0.15) is 0 Å². The summed E-state index contributed by atoms with van der Waals surface area (Å²) in [5, 5.41) is 0.372. The minimum Gasteiger partial charge on any atom is -0.340 e. The Balaban J connectivity index is 2.00. The topological polar surface area (TPSA) is 54.7 Å². The third-order valence-corrected chi connectivity index (χ3v) is 4.41. The molecule has 1 aliphatic rings. The Morgan fingerprint density at radius 3 is 2.70 bits per heavy atom. The van der Waals surface area contributed by atoms with Gasteiger partial charge in [0.1, 0.15) is 11.6 Å². The van der Waals surface area contributed by atoms with Crippen LogP contribution in [0.2, 0.25) is 10.0 Å². The fraction of sp³-hybridized carbons (Fsp3) is 0.357. The van der Waals surface area contributed by atoms with Crippen molar-refractivity contribution in [3.63, 3.8) is 0 Å². The van der Waals surface area contributed by atoms with Gasteiger partial charge in [-0.1, -0.05) is 23.2 Å². The summed E-state index contributed by atoms with van der Waals surface area (Å²) in [4.78, 5) is 7.47. The molecule has 0 spiro atoms. The van der Waals surface area contributed by atoms with E-state index in [0.29, 0.717) is 28.0 Å². The first-order chi connectivity index (χ1) is 9.39. The molecule has 0 amide bonds. The Hall–Kier alpha value is -1.10. The lowest BCUT2D eigenvalue weighted by molar-refractivity contribution is 0.404. The molecule has 3 nitrogen and oxygen atoms in total. The van der Waals surface area contributed by atoms with Gasteiger partial charge in [0, 0.05) is 5.56 Å². The minimum absolute atomic E-state index is 0.000123. The lowest BCUT2D eigenvalue weighted by Crippen LogP contribution is -2.36. The van der Waals surface area contributed by atoms with Gasteiger partial charge in [-0.25, -0.2) is 9.37 Å². The first kappa shape index (κ1) is 13.9. The van der Waals surface area contributed by atoms with Crippen molar-refractivity contribution in [3.8, 4) is 11.3 Å². The van der Waals surface area contributed by atoms with E-state index in [4.69, 9.17) is 28.9 Å². The Morgan fingerprint density at radius 2 is 2.05 bits per heavy atom. The van der Waals surface area contributed by atoms with Crippen LogP contribution in [0.4, 0.5) is 4.39 Å². The second kappa shape index (κ2) is 4.72. The highest BCUT2D eigenvalue weighted by atomic mass is 35.5. The molecular formula is C14H14Cl2FN3. The number of hydrogen-bond donors (Lipinski definition) is 2. The van der Waals surface area contributed by atoms with Crippen molar-refractivity contribution in [1.82, 2.24) is 9.97 Å². The summed E-state index contributed by atoms with van der Waals surface area (Å²) < 4.78 is 13.6. The predicted octanol–water partition coefficient (Wildman–Crippen LogP) is 4.11. The molecule has 3 rings (SSSR count). The Labute approximate surface area is 126 Å². The van der Waals surface area contributed by atoms with Gasteiger partial charge < -0.3 is 10.7 Å². The molecule has 0 aliphatic heterocycles. The average molecular weight is 314 g/mol. The highest BCUT2D eigenvalue weighted by Crippen LogP contribution is 2.43. The number of imidazole rings is 1. The zero-order chi connectivity index (χ0) is 14.5. The van der Waals surface area contributed by atoms with Crippen LogP contribution in [-0.4, -0.2) is 9.97 Å². The molecule has 0 bridgehead atoms. The predicted molar refractivity (Wildman–Crippen MR) is 78.3 cm³/mol. The van der Waals surface area contributed by atoms with Crippen molar-refractivity contribution in [3.05, 3.63) is 40.0 Å². The molecule has 0 radical (unpaired) electrons. The number of nitrogens with one attached hydrogen (secondary N) is 1. The maximum Gasteiger partial charge on any atom is 0.142 e. The van der Waals surface area contributed by atoms with Gasteiger partial charge in [0.25, 0.3) is 0 Å². The second-order valence-electron chi connectivity index (χ2n) is 5.45. The van der Waals surface area contributed by atoms with E-state index in [1.165, 1.54) is 12.1 Å². The van der Waals surface area contributed by atoms with Crippen LogP contribution in [0.15, 0.2) is 18.3 Å². The molecule has 1 aromatic carbocycles. The number of nitrogens with two attached hydrogens (primary N) is 1.